The monoisotopic (exact) mass is 284 g/mol. The Kier molecular flexibility index (Phi) is 3.53. The van der Waals surface area contributed by atoms with Crippen LogP contribution in [0.3, 0.4) is 0 Å². The van der Waals surface area contributed by atoms with Gasteiger partial charge in [-0.2, -0.15) is 0 Å². The molecule has 0 aromatic carbocycles. The highest BCUT2D eigenvalue weighted by atomic mass is 16.3. The first kappa shape index (κ1) is 13.9. The van der Waals surface area contributed by atoms with Crippen molar-refractivity contribution in [1.82, 2.24) is 9.88 Å². The molecule has 0 atom stereocenters. The van der Waals surface area contributed by atoms with E-state index in [1.165, 1.54) is 0 Å². The minimum Gasteiger partial charge on any atom is -0.469 e. The summed E-state index contributed by atoms with van der Waals surface area (Å²) in [4.78, 5) is 19.1. The summed E-state index contributed by atoms with van der Waals surface area (Å²) in [5, 5.41) is 0. The second-order valence-corrected chi connectivity index (χ2v) is 6.07. The summed E-state index contributed by atoms with van der Waals surface area (Å²) in [6.45, 7) is 5.34. The van der Waals surface area contributed by atoms with Crippen molar-refractivity contribution >= 4 is 5.91 Å². The largest absolute Gasteiger partial charge is 0.469 e. The van der Waals surface area contributed by atoms with E-state index in [4.69, 9.17) is 4.42 Å². The van der Waals surface area contributed by atoms with Gasteiger partial charge in [0.15, 0.2) is 0 Å². The van der Waals surface area contributed by atoms with E-state index in [9.17, 15) is 4.79 Å². The second kappa shape index (κ2) is 5.35. The van der Waals surface area contributed by atoms with E-state index in [1.807, 2.05) is 36.9 Å². The molecule has 0 saturated heterocycles. The number of pyridine rings is 1. The van der Waals surface area contributed by atoms with E-state index in [2.05, 4.69) is 4.98 Å². The van der Waals surface area contributed by atoms with Gasteiger partial charge in [-0.25, -0.2) is 0 Å². The van der Waals surface area contributed by atoms with Crippen LogP contribution in [-0.2, 0) is 23.2 Å². The molecular formula is C17H20N2O2. The third-order valence-corrected chi connectivity index (χ3v) is 4.24. The first-order valence-electron chi connectivity index (χ1n) is 7.34. The second-order valence-electron chi connectivity index (χ2n) is 6.07. The highest BCUT2D eigenvalue weighted by Crippen LogP contribution is 2.28. The molecule has 2 aromatic rings. The summed E-state index contributed by atoms with van der Waals surface area (Å²) < 4.78 is 5.49. The van der Waals surface area contributed by atoms with Gasteiger partial charge in [0.1, 0.15) is 5.76 Å². The van der Waals surface area contributed by atoms with Crippen LogP contribution < -0.4 is 0 Å². The lowest BCUT2D eigenvalue weighted by molar-refractivity contribution is -0.136. The number of hydrogen-bond acceptors (Lipinski definition) is 3. The average Bonchev–Trinajstić information content (AvgIpc) is 2.84. The molecule has 110 valence electrons. The molecule has 0 saturated carbocycles. The zero-order chi connectivity index (χ0) is 14.9. The molecule has 2 aromatic heterocycles. The van der Waals surface area contributed by atoms with Crippen molar-refractivity contribution in [3.8, 4) is 0 Å². The number of aryl methyl sites for hydroxylation is 1. The summed E-state index contributed by atoms with van der Waals surface area (Å²) in [7, 11) is 0. The van der Waals surface area contributed by atoms with E-state index < -0.39 is 5.41 Å². The molecule has 1 amide bonds. The van der Waals surface area contributed by atoms with Crippen LogP contribution in [0, 0.1) is 0 Å². The van der Waals surface area contributed by atoms with Crippen LogP contribution in [0.5, 0.6) is 0 Å². The van der Waals surface area contributed by atoms with Crippen LogP contribution in [0.4, 0.5) is 0 Å². The lowest BCUT2D eigenvalue weighted by atomic mass is 9.84. The molecule has 0 fully saturated rings. The number of nitrogens with zero attached hydrogens (tertiary/aromatic N) is 2. The maximum Gasteiger partial charge on any atom is 0.233 e. The Morgan fingerprint density at radius 3 is 3.00 bits per heavy atom. The summed E-state index contributed by atoms with van der Waals surface area (Å²) in [6, 6.07) is 5.81. The Labute approximate surface area is 124 Å². The molecule has 1 aliphatic rings. The van der Waals surface area contributed by atoms with Crippen LogP contribution in [0.25, 0.3) is 0 Å². The number of rotatable bonds is 2. The molecule has 3 rings (SSSR count). The van der Waals surface area contributed by atoms with Crippen molar-refractivity contribution in [3.05, 3.63) is 53.7 Å². The van der Waals surface area contributed by atoms with Crippen LogP contribution in [0.2, 0.25) is 0 Å². The number of amides is 1. The number of carbonyl (C=O) groups excluding carboxylic acids is 1. The number of carbonyl (C=O) groups is 1. The predicted molar refractivity (Wildman–Crippen MR) is 79.7 cm³/mol. The normalized spacial score (nSPS) is 15.4. The molecule has 0 N–H and O–H groups in total. The highest BCUT2D eigenvalue weighted by molar-refractivity contribution is 5.87. The smallest absolute Gasteiger partial charge is 0.233 e. The quantitative estimate of drug-likeness (QED) is 0.852. The Morgan fingerprint density at radius 2 is 2.24 bits per heavy atom. The first-order valence-corrected chi connectivity index (χ1v) is 7.34. The van der Waals surface area contributed by atoms with Crippen molar-refractivity contribution in [2.45, 2.75) is 38.6 Å². The van der Waals surface area contributed by atoms with Gasteiger partial charge in [-0.3, -0.25) is 9.78 Å². The topological polar surface area (TPSA) is 46.3 Å². The van der Waals surface area contributed by atoms with E-state index in [-0.39, 0.29) is 5.91 Å². The van der Waals surface area contributed by atoms with Gasteiger partial charge in [-0.15, -0.1) is 0 Å². The molecule has 4 heteroatoms. The van der Waals surface area contributed by atoms with Gasteiger partial charge in [0.05, 0.1) is 11.7 Å². The van der Waals surface area contributed by atoms with E-state index in [0.717, 1.165) is 36.3 Å². The summed E-state index contributed by atoms with van der Waals surface area (Å²) in [6.07, 6.45) is 7.06. The lowest BCUT2D eigenvalue weighted by Crippen LogP contribution is -2.43. The van der Waals surface area contributed by atoms with Crippen molar-refractivity contribution in [2.75, 3.05) is 6.54 Å². The molecule has 0 aliphatic carbocycles. The van der Waals surface area contributed by atoms with E-state index in [1.54, 1.807) is 18.7 Å². The SMILES string of the molecule is CC(C)(C(=O)N1CCCc2occc2C1)c1cccnc1. The highest BCUT2D eigenvalue weighted by Gasteiger charge is 2.35. The Hall–Kier alpha value is -2.10. The minimum absolute atomic E-state index is 0.143. The molecule has 4 nitrogen and oxygen atoms in total. The fourth-order valence-corrected chi connectivity index (χ4v) is 2.87. The summed E-state index contributed by atoms with van der Waals surface area (Å²) in [5.41, 5.74) is 1.51. The van der Waals surface area contributed by atoms with Gasteiger partial charge < -0.3 is 9.32 Å². The van der Waals surface area contributed by atoms with Crippen molar-refractivity contribution < 1.29 is 9.21 Å². The zero-order valence-corrected chi connectivity index (χ0v) is 12.5. The molecule has 0 radical (unpaired) electrons. The molecule has 3 heterocycles. The van der Waals surface area contributed by atoms with Gasteiger partial charge in [0, 0.05) is 37.5 Å². The fraction of sp³-hybridized carbons (Fsp3) is 0.412. The molecule has 0 bridgehead atoms. The third kappa shape index (κ3) is 2.58. The Morgan fingerprint density at radius 1 is 1.38 bits per heavy atom. The van der Waals surface area contributed by atoms with Crippen LogP contribution >= 0.6 is 0 Å². The molecular weight excluding hydrogens is 264 g/mol. The van der Waals surface area contributed by atoms with Gasteiger partial charge in [0.2, 0.25) is 5.91 Å². The predicted octanol–water partition coefficient (Wildman–Crippen LogP) is 2.93. The summed E-state index contributed by atoms with van der Waals surface area (Å²) in [5.74, 6) is 1.16. The molecule has 21 heavy (non-hydrogen) atoms. The first-order chi connectivity index (χ1) is 10.1. The number of fused-ring (bicyclic) bond motifs is 1. The maximum atomic E-state index is 13.0. The molecule has 0 unspecified atom stereocenters. The van der Waals surface area contributed by atoms with Gasteiger partial charge >= 0.3 is 0 Å². The van der Waals surface area contributed by atoms with Crippen LogP contribution in [-0.4, -0.2) is 22.3 Å². The van der Waals surface area contributed by atoms with E-state index in [0.29, 0.717) is 6.54 Å². The standard InChI is InChI=1S/C17H20N2O2/c1-17(2,14-5-3-8-18-11-14)16(20)19-9-4-6-15-13(12-19)7-10-21-15/h3,5,7-8,10-11H,4,6,9,12H2,1-2H3. The van der Waals surface area contributed by atoms with Crippen LogP contribution in [0.15, 0.2) is 41.3 Å². The zero-order valence-electron chi connectivity index (χ0n) is 12.5. The minimum atomic E-state index is -0.567. The Balaban J connectivity index is 1.85. The van der Waals surface area contributed by atoms with E-state index >= 15 is 0 Å². The van der Waals surface area contributed by atoms with Crippen molar-refractivity contribution in [3.63, 3.8) is 0 Å². The molecule has 0 spiro atoms. The average molecular weight is 284 g/mol. The number of hydrogen-bond donors (Lipinski definition) is 0. The fourth-order valence-electron chi connectivity index (χ4n) is 2.87. The number of aromatic nitrogens is 1. The number of furan rings is 1. The maximum absolute atomic E-state index is 13.0. The molecule has 1 aliphatic heterocycles. The lowest BCUT2D eigenvalue weighted by Gasteiger charge is -2.31. The Bertz CT molecular complexity index is 631. The van der Waals surface area contributed by atoms with Gasteiger partial charge in [0.25, 0.3) is 0 Å². The van der Waals surface area contributed by atoms with Crippen molar-refractivity contribution in [1.29, 1.82) is 0 Å². The van der Waals surface area contributed by atoms with Gasteiger partial charge in [-0.1, -0.05) is 6.07 Å². The van der Waals surface area contributed by atoms with Crippen LogP contribution in [0.1, 0.15) is 37.2 Å². The van der Waals surface area contributed by atoms with Crippen molar-refractivity contribution in [2.24, 2.45) is 0 Å². The summed E-state index contributed by atoms with van der Waals surface area (Å²) >= 11 is 0. The third-order valence-electron chi connectivity index (χ3n) is 4.24. The van der Waals surface area contributed by atoms with Gasteiger partial charge in [-0.05, 0) is 38.0 Å².